The number of amides is 1. The van der Waals surface area contributed by atoms with Crippen molar-refractivity contribution < 1.29 is 9.90 Å². The average Bonchev–Trinajstić information content (AvgIpc) is 2.33. The number of rotatable bonds is 5. The second-order valence-corrected chi connectivity index (χ2v) is 4.54. The van der Waals surface area contributed by atoms with Gasteiger partial charge in [-0.05, 0) is 24.1 Å². The van der Waals surface area contributed by atoms with E-state index in [9.17, 15) is 9.90 Å². The number of carbonyl (C=O) groups excluding carboxylic acids is 1. The summed E-state index contributed by atoms with van der Waals surface area (Å²) in [5.74, 6) is -0.300. The van der Waals surface area contributed by atoms with Gasteiger partial charge in [0.25, 0.3) is 0 Å². The maximum absolute atomic E-state index is 11.3. The topological polar surface area (TPSA) is 61.7 Å². The summed E-state index contributed by atoms with van der Waals surface area (Å²) in [6.07, 6.45) is 3.66. The number of benzene rings is 1. The SMILES string of the molecule is CCCCC(=O)N/N=C/c1cc(Cl)c(O)c(Cl)c1. The number of hydrogen-bond donors (Lipinski definition) is 2. The summed E-state index contributed by atoms with van der Waals surface area (Å²) in [7, 11) is 0. The molecule has 0 spiro atoms. The quantitative estimate of drug-likeness (QED) is 0.645. The molecule has 0 saturated heterocycles. The van der Waals surface area contributed by atoms with Crippen LogP contribution < -0.4 is 5.43 Å². The van der Waals surface area contributed by atoms with Gasteiger partial charge in [-0.2, -0.15) is 5.10 Å². The fourth-order valence-corrected chi connectivity index (χ4v) is 1.74. The molecule has 6 heteroatoms. The number of hydrazone groups is 1. The van der Waals surface area contributed by atoms with E-state index in [-0.39, 0.29) is 21.7 Å². The number of phenols is 1. The van der Waals surface area contributed by atoms with Crippen molar-refractivity contribution in [3.8, 4) is 5.75 Å². The van der Waals surface area contributed by atoms with Crippen LogP contribution in [0.3, 0.4) is 0 Å². The van der Waals surface area contributed by atoms with Gasteiger partial charge >= 0.3 is 0 Å². The number of carbonyl (C=O) groups is 1. The fourth-order valence-electron chi connectivity index (χ4n) is 1.23. The molecule has 0 radical (unpaired) electrons. The number of hydrogen-bond acceptors (Lipinski definition) is 3. The summed E-state index contributed by atoms with van der Waals surface area (Å²) in [6.45, 7) is 2.01. The van der Waals surface area contributed by atoms with Crippen molar-refractivity contribution in [3.05, 3.63) is 27.7 Å². The first kappa shape index (κ1) is 14.8. The van der Waals surface area contributed by atoms with Crippen LogP contribution >= 0.6 is 23.2 Å². The minimum absolute atomic E-state index is 0.135. The Balaban J connectivity index is 2.60. The predicted molar refractivity (Wildman–Crippen MR) is 73.4 cm³/mol. The second kappa shape index (κ2) is 7.24. The Kier molecular flexibility index (Phi) is 5.95. The second-order valence-electron chi connectivity index (χ2n) is 3.73. The number of unbranched alkanes of at least 4 members (excludes halogenated alkanes) is 1. The number of nitrogens with zero attached hydrogens (tertiary/aromatic N) is 1. The zero-order valence-corrected chi connectivity index (χ0v) is 11.4. The number of nitrogens with one attached hydrogen (secondary N) is 1. The van der Waals surface area contributed by atoms with Crippen molar-refractivity contribution in [2.75, 3.05) is 0 Å². The first-order valence-corrected chi connectivity index (χ1v) is 6.30. The van der Waals surface area contributed by atoms with Crippen LogP contribution in [-0.2, 0) is 4.79 Å². The molecule has 0 unspecified atom stereocenters. The molecular formula is C12H14Cl2N2O2. The van der Waals surface area contributed by atoms with E-state index in [1.165, 1.54) is 18.3 Å². The number of aromatic hydroxyl groups is 1. The Morgan fingerprint density at radius 3 is 2.61 bits per heavy atom. The highest BCUT2D eigenvalue weighted by atomic mass is 35.5. The maximum atomic E-state index is 11.3. The van der Waals surface area contributed by atoms with Crippen molar-refractivity contribution in [3.63, 3.8) is 0 Å². The van der Waals surface area contributed by atoms with Gasteiger partial charge in [-0.1, -0.05) is 36.5 Å². The Morgan fingerprint density at radius 1 is 1.44 bits per heavy atom. The third-order valence-electron chi connectivity index (χ3n) is 2.20. The van der Waals surface area contributed by atoms with Crippen LogP contribution in [0.15, 0.2) is 17.2 Å². The van der Waals surface area contributed by atoms with Crippen molar-refractivity contribution in [2.45, 2.75) is 26.2 Å². The molecule has 1 aromatic carbocycles. The molecule has 0 aliphatic carbocycles. The van der Waals surface area contributed by atoms with Crippen LogP contribution in [0.5, 0.6) is 5.75 Å². The summed E-state index contributed by atoms with van der Waals surface area (Å²) in [4.78, 5) is 11.3. The monoisotopic (exact) mass is 288 g/mol. The molecule has 0 atom stereocenters. The van der Waals surface area contributed by atoms with E-state index in [1.807, 2.05) is 6.92 Å². The predicted octanol–water partition coefficient (Wildman–Crippen LogP) is 3.34. The van der Waals surface area contributed by atoms with Gasteiger partial charge in [0.2, 0.25) is 5.91 Å². The number of halogens is 2. The van der Waals surface area contributed by atoms with Crippen molar-refractivity contribution in [1.82, 2.24) is 5.43 Å². The van der Waals surface area contributed by atoms with E-state index < -0.39 is 0 Å². The lowest BCUT2D eigenvalue weighted by molar-refractivity contribution is -0.121. The fraction of sp³-hybridized carbons (Fsp3) is 0.333. The lowest BCUT2D eigenvalue weighted by atomic mass is 10.2. The molecule has 0 heterocycles. The molecule has 0 fully saturated rings. The van der Waals surface area contributed by atoms with Crippen molar-refractivity contribution in [2.24, 2.45) is 5.10 Å². The molecule has 4 nitrogen and oxygen atoms in total. The zero-order chi connectivity index (χ0) is 13.5. The van der Waals surface area contributed by atoms with Crippen molar-refractivity contribution in [1.29, 1.82) is 0 Å². The smallest absolute Gasteiger partial charge is 0.240 e. The summed E-state index contributed by atoms with van der Waals surface area (Å²) in [6, 6.07) is 3.01. The Labute approximate surface area is 116 Å². The van der Waals surface area contributed by atoms with Gasteiger partial charge in [-0.25, -0.2) is 5.43 Å². The largest absolute Gasteiger partial charge is 0.505 e. The van der Waals surface area contributed by atoms with E-state index in [2.05, 4.69) is 10.5 Å². The molecule has 0 aliphatic rings. The van der Waals surface area contributed by atoms with E-state index in [1.54, 1.807) is 0 Å². The molecule has 1 aromatic rings. The molecular weight excluding hydrogens is 275 g/mol. The van der Waals surface area contributed by atoms with Crippen LogP contribution in [0.25, 0.3) is 0 Å². The Morgan fingerprint density at radius 2 is 2.06 bits per heavy atom. The van der Waals surface area contributed by atoms with Gasteiger partial charge in [0.1, 0.15) is 0 Å². The Bertz CT molecular complexity index is 438. The molecule has 0 aromatic heterocycles. The molecule has 18 heavy (non-hydrogen) atoms. The standard InChI is InChI=1S/C12H14Cl2N2O2/c1-2-3-4-11(17)16-15-7-8-5-9(13)12(18)10(14)6-8/h5-7,18H,2-4H2,1H3,(H,16,17)/b15-7+. The molecule has 1 amide bonds. The Hall–Kier alpha value is -1.26. The van der Waals surface area contributed by atoms with Crippen LogP contribution in [0.2, 0.25) is 10.0 Å². The van der Waals surface area contributed by atoms with E-state index in [4.69, 9.17) is 23.2 Å². The average molecular weight is 289 g/mol. The highest BCUT2D eigenvalue weighted by Crippen LogP contribution is 2.32. The third kappa shape index (κ3) is 4.55. The van der Waals surface area contributed by atoms with Crippen LogP contribution in [-0.4, -0.2) is 17.2 Å². The molecule has 98 valence electrons. The summed E-state index contributed by atoms with van der Waals surface area (Å²) in [5, 5.41) is 13.4. The van der Waals surface area contributed by atoms with Gasteiger partial charge in [-0.15, -0.1) is 0 Å². The summed E-state index contributed by atoms with van der Waals surface area (Å²) < 4.78 is 0. The first-order valence-electron chi connectivity index (χ1n) is 5.54. The van der Waals surface area contributed by atoms with Gasteiger partial charge in [-0.3, -0.25) is 4.79 Å². The molecule has 0 saturated carbocycles. The van der Waals surface area contributed by atoms with Gasteiger partial charge in [0, 0.05) is 6.42 Å². The molecule has 1 rings (SSSR count). The zero-order valence-electron chi connectivity index (χ0n) is 9.91. The van der Waals surface area contributed by atoms with E-state index >= 15 is 0 Å². The van der Waals surface area contributed by atoms with E-state index in [0.717, 1.165) is 12.8 Å². The number of phenolic OH excluding ortho intramolecular Hbond substituents is 1. The van der Waals surface area contributed by atoms with Crippen LogP contribution in [0.4, 0.5) is 0 Å². The summed E-state index contributed by atoms with van der Waals surface area (Å²) >= 11 is 11.5. The van der Waals surface area contributed by atoms with Crippen LogP contribution in [0, 0.1) is 0 Å². The maximum Gasteiger partial charge on any atom is 0.240 e. The molecule has 2 N–H and O–H groups in total. The van der Waals surface area contributed by atoms with Crippen molar-refractivity contribution >= 4 is 35.3 Å². The lowest BCUT2D eigenvalue weighted by Gasteiger charge is -2.01. The lowest BCUT2D eigenvalue weighted by Crippen LogP contribution is -2.16. The van der Waals surface area contributed by atoms with E-state index in [0.29, 0.717) is 12.0 Å². The molecule has 0 aliphatic heterocycles. The summed E-state index contributed by atoms with van der Waals surface area (Å²) in [5.41, 5.74) is 3.00. The minimum atomic E-state index is -0.164. The highest BCUT2D eigenvalue weighted by molar-refractivity contribution is 6.37. The van der Waals surface area contributed by atoms with Gasteiger partial charge in [0.05, 0.1) is 16.3 Å². The third-order valence-corrected chi connectivity index (χ3v) is 2.78. The molecule has 0 bridgehead atoms. The van der Waals surface area contributed by atoms with Gasteiger partial charge in [0.15, 0.2) is 5.75 Å². The normalized spacial score (nSPS) is 10.8. The van der Waals surface area contributed by atoms with Gasteiger partial charge < -0.3 is 5.11 Å². The minimum Gasteiger partial charge on any atom is -0.505 e. The van der Waals surface area contributed by atoms with Crippen LogP contribution in [0.1, 0.15) is 31.7 Å². The first-order chi connectivity index (χ1) is 8.54. The highest BCUT2D eigenvalue weighted by Gasteiger charge is 2.05.